The molecule has 3 unspecified atom stereocenters. The summed E-state index contributed by atoms with van der Waals surface area (Å²) < 4.78 is 5.65. The van der Waals surface area contributed by atoms with Crippen molar-refractivity contribution in [3.05, 3.63) is 0 Å². The van der Waals surface area contributed by atoms with Gasteiger partial charge in [-0.15, -0.1) is 0 Å². The van der Waals surface area contributed by atoms with Crippen molar-refractivity contribution in [2.45, 2.75) is 58.9 Å². The second-order valence-electron chi connectivity index (χ2n) is 5.87. The first-order chi connectivity index (χ1) is 8.19. The lowest BCUT2D eigenvalue weighted by Crippen LogP contribution is -2.40. The van der Waals surface area contributed by atoms with Crippen molar-refractivity contribution in [2.75, 3.05) is 20.3 Å². The molecule has 1 rings (SSSR count). The summed E-state index contributed by atoms with van der Waals surface area (Å²) in [5.74, 6) is 2.58. The van der Waals surface area contributed by atoms with Gasteiger partial charge in [0, 0.05) is 19.3 Å². The first-order valence-electron chi connectivity index (χ1n) is 7.44. The Morgan fingerprint density at radius 3 is 2.59 bits per heavy atom. The van der Waals surface area contributed by atoms with E-state index in [2.05, 4.69) is 33.1 Å². The molecular formula is C15H31NO. The molecule has 2 nitrogen and oxygen atoms in total. The highest BCUT2D eigenvalue weighted by Gasteiger charge is 2.30. The lowest BCUT2D eigenvalue weighted by atomic mass is 9.72. The predicted molar refractivity (Wildman–Crippen MR) is 74.2 cm³/mol. The maximum Gasteiger partial charge on any atom is 0.0469 e. The van der Waals surface area contributed by atoms with E-state index >= 15 is 0 Å². The van der Waals surface area contributed by atoms with Gasteiger partial charge in [0.25, 0.3) is 0 Å². The molecule has 0 aromatic carbocycles. The monoisotopic (exact) mass is 241 g/mol. The van der Waals surface area contributed by atoms with E-state index in [1.165, 1.54) is 25.7 Å². The highest BCUT2D eigenvalue weighted by Crippen LogP contribution is 2.35. The van der Waals surface area contributed by atoms with Crippen molar-refractivity contribution in [1.82, 2.24) is 5.32 Å². The Morgan fingerprint density at radius 1 is 1.24 bits per heavy atom. The number of ether oxygens (including phenoxy) is 1. The van der Waals surface area contributed by atoms with Gasteiger partial charge in [0.05, 0.1) is 0 Å². The average molecular weight is 241 g/mol. The fourth-order valence-electron chi connectivity index (χ4n) is 3.09. The zero-order valence-electron chi connectivity index (χ0n) is 12.2. The summed E-state index contributed by atoms with van der Waals surface area (Å²) in [7, 11) is 2.11. The Kier molecular flexibility index (Phi) is 7.14. The largest absolute Gasteiger partial charge is 0.381 e. The van der Waals surface area contributed by atoms with Crippen LogP contribution in [0.15, 0.2) is 0 Å². The van der Waals surface area contributed by atoms with Crippen molar-refractivity contribution in [1.29, 1.82) is 0 Å². The Hall–Kier alpha value is -0.0800. The lowest BCUT2D eigenvalue weighted by Gasteiger charge is -2.38. The molecule has 0 radical (unpaired) electrons. The predicted octanol–water partition coefficient (Wildman–Crippen LogP) is 3.46. The SMILES string of the molecule is CCCOCCC1CC(C(C)C)CCC1NC. The minimum absolute atomic E-state index is 0.718. The van der Waals surface area contributed by atoms with Crippen LogP contribution in [0.4, 0.5) is 0 Å². The molecule has 0 aromatic heterocycles. The quantitative estimate of drug-likeness (QED) is 0.689. The fraction of sp³-hybridized carbons (Fsp3) is 1.00. The highest BCUT2D eigenvalue weighted by molar-refractivity contribution is 4.85. The van der Waals surface area contributed by atoms with Crippen LogP contribution >= 0.6 is 0 Å². The molecule has 1 saturated carbocycles. The number of nitrogens with one attached hydrogen (secondary N) is 1. The zero-order chi connectivity index (χ0) is 12.7. The average Bonchev–Trinajstić information content (AvgIpc) is 2.34. The molecule has 0 spiro atoms. The maximum atomic E-state index is 5.65. The normalized spacial score (nSPS) is 29.8. The Balaban J connectivity index is 2.34. The first kappa shape index (κ1) is 15.0. The molecule has 3 atom stereocenters. The summed E-state index contributed by atoms with van der Waals surface area (Å²) in [4.78, 5) is 0. The minimum atomic E-state index is 0.718. The topological polar surface area (TPSA) is 21.3 Å². The molecule has 2 heteroatoms. The third-order valence-corrected chi connectivity index (χ3v) is 4.32. The van der Waals surface area contributed by atoms with E-state index in [1.807, 2.05) is 0 Å². The van der Waals surface area contributed by atoms with Gasteiger partial charge < -0.3 is 10.1 Å². The molecule has 17 heavy (non-hydrogen) atoms. The molecule has 0 saturated heterocycles. The molecule has 0 bridgehead atoms. The number of hydrogen-bond donors (Lipinski definition) is 1. The summed E-state index contributed by atoms with van der Waals surface area (Å²) in [5, 5.41) is 3.50. The molecule has 102 valence electrons. The Labute approximate surface area is 108 Å². The third-order valence-electron chi connectivity index (χ3n) is 4.32. The summed E-state index contributed by atoms with van der Waals surface area (Å²) >= 11 is 0. The first-order valence-corrected chi connectivity index (χ1v) is 7.44. The maximum absolute atomic E-state index is 5.65. The van der Waals surface area contributed by atoms with Crippen molar-refractivity contribution < 1.29 is 4.74 Å². The minimum Gasteiger partial charge on any atom is -0.381 e. The Bertz CT molecular complexity index is 193. The standard InChI is InChI=1S/C15H31NO/c1-5-9-17-10-8-14-11-13(12(2)3)6-7-15(14)16-4/h12-16H,5-11H2,1-4H3. The summed E-state index contributed by atoms with van der Waals surface area (Å²) in [6.07, 6.45) is 6.50. The molecule has 0 heterocycles. The fourth-order valence-corrected chi connectivity index (χ4v) is 3.09. The van der Waals surface area contributed by atoms with E-state index in [0.29, 0.717) is 0 Å². The molecule has 0 aliphatic heterocycles. The molecule has 0 aromatic rings. The molecular weight excluding hydrogens is 210 g/mol. The van der Waals surface area contributed by atoms with Crippen molar-refractivity contribution in [2.24, 2.45) is 17.8 Å². The van der Waals surface area contributed by atoms with Crippen LogP contribution in [0, 0.1) is 17.8 Å². The van der Waals surface area contributed by atoms with Crippen molar-refractivity contribution >= 4 is 0 Å². The number of rotatable bonds is 7. The second kappa shape index (κ2) is 8.10. The van der Waals surface area contributed by atoms with Crippen LogP contribution in [-0.4, -0.2) is 26.3 Å². The second-order valence-corrected chi connectivity index (χ2v) is 5.87. The van der Waals surface area contributed by atoms with Gasteiger partial charge in [-0.05, 0) is 56.9 Å². The molecule has 1 aliphatic carbocycles. The van der Waals surface area contributed by atoms with Gasteiger partial charge in [-0.3, -0.25) is 0 Å². The van der Waals surface area contributed by atoms with Crippen LogP contribution in [0.1, 0.15) is 52.9 Å². The van der Waals surface area contributed by atoms with Crippen LogP contribution in [0.3, 0.4) is 0 Å². The molecule has 1 N–H and O–H groups in total. The van der Waals surface area contributed by atoms with E-state index in [0.717, 1.165) is 43.4 Å². The van der Waals surface area contributed by atoms with Crippen LogP contribution in [-0.2, 0) is 4.74 Å². The van der Waals surface area contributed by atoms with Crippen molar-refractivity contribution in [3.63, 3.8) is 0 Å². The van der Waals surface area contributed by atoms with E-state index < -0.39 is 0 Å². The molecule has 0 amide bonds. The summed E-state index contributed by atoms with van der Waals surface area (Å²) in [6.45, 7) is 8.78. The van der Waals surface area contributed by atoms with Gasteiger partial charge in [-0.2, -0.15) is 0 Å². The van der Waals surface area contributed by atoms with Crippen LogP contribution in [0.2, 0.25) is 0 Å². The van der Waals surface area contributed by atoms with E-state index in [4.69, 9.17) is 4.74 Å². The molecule has 1 aliphatic rings. The van der Waals surface area contributed by atoms with E-state index in [9.17, 15) is 0 Å². The van der Waals surface area contributed by atoms with Gasteiger partial charge in [-0.1, -0.05) is 20.8 Å². The van der Waals surface area contributed by atoms with Crippen LogP contribution in [0.5, 0.6) is 0 Å². The van der Waals surface area contributed by atoms with Gasteiger partial charge in [0.1, 0.15) is 0 Å². The van der Waals surface area contributed by atoms with Crippen LogP contribution in [0.25, 0.3) is 0 Å². The Morgan fingerprint density at radius 2 is 2.00 bits per heavy atom. The van der Waals surface area contributed by atoms with Gasteiger partial charge >= 0.3 is 0 Å². The molecule has 1 fully saturated rings. The number of hydrogen-bond acceptors (Lipinski definition) is 2. The lowest BCUT2D eigenvalue weighted by molar-refractivity contribution is 0.0912. The van der Waals surface area contributed by atoms with E-state index in [1.54, 1.807) is 0 Å². The highest BCUT2D eigenvalue weighted by atomic mass is 16.5. The van der Waals surface area contributed by atoms with Crippen LogP contribution < -0.4 is 5.32 Å². The smallest absolute Gasteiger partial charge is 0.0469 e. The van der Waals surface area contributed by atoms with Gasteiger partial charge in [0.2, 0.25) is 0 Å². The third kappa shape index (κ3) is 4.97. The van der Waals surface area contributed by atoms with Crippen molar-refractivity contribution in [3.8, 4) is 0 Å². The van der Waals surface area contributed by atoms with Gasteiger partial charge in [0.15, 0.2) is 0 Å². The van der Waals surface area contributed by atoms with Gasteiger partial charge in [-0.25, -0.2) is 0 Å². The zero-order valence-corrected chi connectivity index (χ0v) is 12.2. The van der Waals surface area contributed by atoms with E-state index in [-0.39, 0.29) is 0 Å². The summed E-state index contributed by atoms with van der Waals surface area (Å²) in [6, 6.07) is 0.718. The summed E-state index contributed by atoms with van der Waals surface area (Å²) in [5.41, 5.74) is 0.